The molecule has 0 amide bonds. The molecule has 0 aromatic carbocycles. The maximum atomic E-state index is 5.66. The van der Waals surface area contributed by atoms with Gasteiger partial charge in [0.15, 0.2) is 10.8 Å². The Bertz CT molecular complexity index is 744. The number of nitrogens with one attached hydrogen (secondary N) is 1. The molecule has 0 saturated carbocycles. The van der Waals surface area contributed by atoms with Crippen LogP contribution in [0.15, 0.2) is 40.3 Å². The van der Waals surface area contributed by atoms with E-state index in [1.807, 2.05) is 25.3 Å². The zero-order chi connectivity index (χ0) is 14.9. The average Bonchev–Trinajstić information content (AvgIpc) is 3.25. The second-order valence-electron chi connectivity index (χ2n) is 5.81. The molecule has 4 rings (SSSR count). The summed E-state index contributed by atoms with van der Waals surface area (Å²) in [4.78, 5) is 10.6. The maximum absolute atomic E-state index is 5.66. The molecule has 1 atom stereocenters. The molecule has 4 heterocycles. The minimum absolute atomic E-state index is 0.492. The summed E-state index contributed by atoms with van der Waals surface area (Å²) in [6.07, 6.45) is 4.47. The molecule has 1 aliphatic heterocycles. The van der Waals surface area contributed by atoms with Gasteiger partial charge in [-0.05, 0) is 50.6 Å². The smallest absolute Gasteiger partial charge is 0.162 e. The molecule has 0 bridgehead atoms. The zero-order valence-corrected chi connectivity index (χ0v) is 13.4. The summed E-state index contributed by atoms with van der Waals surface area (Å²) in [5.74, 6) is 1.80. The molecule has 1 saturated heterocycles. The van der Waals surface area contributed by atoms with Gasteiger partial charge in [0.25, 0.3) is 0 Å². The van der Waals surface area contributed by atoms with Crippen LogP contribution < -0.4 is 0 Å². The lowest BCUT2D eigenvalue weighted by Crippen LogP contribution is -2.23. The Kier molecular flexibility index (Phi) is 3.60. The first-order chi connectivity index (χ1) is 10.8. The fourth-order valence-corrected chi connectivity index (χ4v) is 3.94. The van der Waals surface area contributed by atoms with Crippen LogP contribution in [0, 0.1) is 6.92 Å². The Morgan fingerprint density at radius 1 is 1.41 bits per heavy atom. The number of hydrogen-bond acceptors (Lipinski definition) is 4. The van der Waals surface area contributed by atoms with Gasteiger partial charge in [-0.15, -0.1) is 11.3 Å². The molecule has 1 aliphatic rings. The maximum Gasteiger partial charge on any atom is 0.162 e. The normalized spacial score (nSPS) is 19.0. The summed E-state index contributed by atoms with van der Waals surface area (Å²) in [5.41, 5.74) is 2.45. The topological polar surface area (TPSA) is 45.1 Å². The average molecular weight is 313 g/mol. The Labute approximate surface area is 133 Å². The minimum Gasteiger partial charge on any atom is -0.459 e. The van der Waals surface area contributed by atoms with Crippen LogP contribution in [0.5, 0.6) is 0 Å². The van der Waals surface area contributed by atoms with E-state index in [2.05, 4.69) is 27.4 Å². The first kappa shape index (κ1) is 13.8. The number of hydrogen-bond donors (Lipinski definition) is 1. The SMILES string of the molecule is Cc1ccc(-c2nc(CN3CCCC3c3ccc[nH]3)cs2)o1. The Morgan fingerprint density at radius 2 is 2.36 bits per heavy atom. The van der Waals surface area contributed by atoms with Crippen LogP contribution in [0.3, 0.4) is 0 Å². The van der Waals surface area contributed by atoms with Crippen LogP contribution in [0.2, 0.25) is 0 Å². The van der Waals surface area contributed by atoms with Crippen molar-refractivity contribution in [1.29, 1.82) is 0 Å². The van der Waals surface area contributed by atoms with Crippen LogP contribution in [-0.2, 0) is 6.54 Å². The van der Waals surface area contributed by atoms with Gasteiger partial charge in [-0.3, -0.25) is 4.90 Å². The molecule has 1 unspecified atom stereocenters. The molecule has 1 N–H and O–H groups in total. The van der Waals surface area contributed by atoms with Crippen LogP contribution in [0.25, 0.3) is 10.8 Å². The van der Waals surface area contributed by atoms with E-state index in [9.17, 15) is 0 Å². The number of nitrogens with zero attached hydrogens (tertiary/aromatic N) is 2. The molecular weight excluding hydrogens is 294 g/mol. The van der Waals surface area contributed by atoms with Crippen LogP contribution in [0.1, 0.15) is 36.0 Å². The summed E-state index contributed by atoms with van der Waals surface area (Å²) in [6.45, 7) is 4.00. The highest BCUT2D eigenvalue weighted by Gasteiger charge is 2.27. The van der Waals surface area contributed by atoms with Crippen molar-refractivity contribution in [1.82, 2.24) is 14.9 Å². The monoisotopic (exact) mass is 313 g/mol. The fourth-order valence-electron chi connectivity index (χ4n) is 3.17. The van der Waals surface area contributed by atoms with Gasteiger partial charge in [0.05, 0.1) is 11.7 Å². The van der Waals surface area contributed by atoms with Crippen molar-refractivity contribution in [3.8, 4) is 10.8 Å². The number of furan rings is 1. The number of aryl methyl sites for hydroxylation is 1. The van der Waals surface area contributed by atoms with Crippen molar-refractivity contribution in [2.45, 2.75) is 32.4 Å². The molecule has 3 aromatic rings. The molecule has 5 heteroatoms. The molecular formula is C17H19N3OS. The van der Waals surface area contributed by atoms with Gasteiger partial charge in [-0.25, -0.2) is 4.98 Å². The van der Waals surface area contributed by atoms with Gasteiger partial charge in [-0.1, -0.05) is 0 Å². The van der Waals surface area contributed by atoms with Crippen molar-refractivity contribution in [3.05, 3.63) is 53.0 Å². The summed E-state index contributed by atoms with van der Waals surface area (Å²) in [7, 11) is 0. The van der Waals surface area contributed by atoms with Crippen molar-refractivity contribution in [2.75, 3.05) is 6.54 Å². The summed E-state index contributed by atoms with van der Waals surface area (Å²) in [6, 6.07) is 8.73. The number of likely N-dealkylation sites (tertiary alicyclic amines) is 1. The van der Waals surface area contributed by atoms with Crippen molar-refractivity contribution >= 4 is 11.3 Å². The third kappa shape index (κ3) is 2.62. The number of thiazole rings is 1. The predicted octanol–water partition coefficient (Wildman–Crippen LogP) is 4.38. The Hall–Kier alpha value is -1.85. The molecule has 22 heavy (non-hydrogen) atoms. The Balaban J connectivity index is 1.50. The lowest BCUT2D eigenvalue weighted by atomic mass is 10.1. The number of aromatic amines is 1. The van der Waals surface area contributed by atoms with Crippen molar-refractivity contribution in [3.63, 3.8) is 0 Å². The molecule has 0 spiro atoms. The number of rotatable bonds is 4. The molecule has 3 aromatic heterocycles. The highest BCUT2D eigenvalue weighted by molar-refractivity contribution is 7.13. The van der Waals surface area contributed by atoms with E-state index in [1.54, 1.807) is 11.3 Å². The second-order valence-corrected chi connectivity index (χ2v) is 6.67. The van der Waals surface area contributed by atoms with Gasteiger partial charge in [0.2, 0.25) is 0 Å². The van der Waals surface area contributed by atoms with Crippen molar-refractivity contribution < 1.29 is 4.42 Å². The minimum atomic E-state index is 0.492. The molecule has 114 valence electrons. The highest BCUT2D eigenvalue weighted by Crippen LogP contribution is 2.33. The van der Waals surface area contributed by atoms with E-state index >= 15 is 0 Å². The quantitative estimate of drug-likeness (QED) is 0.777. The number of H-pyrrole nitrogens is 1. The predicted molar refractivity (Wildman–Crippen MR) is 87.7 cm³/mol. The number of aromatic nitrogens is 2. The lowest BCUT2D eigenvalue weighted by Gasteiger charge is -2.22. The van der Waals surface area contributed by atoms with Crippen LogP contribution in [-0.4, -0.2) is 21.4 Å². The van der Waals surface area contributed by atoms with Gasteiger partial charge < -0.3 is 9.40 Å². The third-order valence-corrected chi connectivity index (χ3v) is 5.12. The van der Waals surface area contributed by atoms with Crippen LogP contribution in [0.4, 0.5) is 0 Å². The molecule has 1 fully saturated rings. The van der Waals surface area contributed by atoms with E-state index in [0.717, 1.165) is 35.3 Å². The van der Waals surface area contributed by atoms with Crippen LogP contribution >= 0.6 is 11.3 Å². The van der Waals surface area contributed by atoms with Crippen molar-refractivity contribution in [2.24, 2.45) is 0 Å². The highest BCUT2D eigenvalue weighted by atomic mass is 32.1. The molecule has 4 nitrogen and oxygen atoms in total. The third-order valence-electron chi connectivity index (χ3n) is 4.21. The largest absolute Gasteiger partial charge is 0.459 e. The molecule has 0 aliphatic carbocycles. The van der Waals surface area contributed by atoms with E-state index in [0.29, 0.717) is 6.04 Å². The zero-order valence-electron chi connectivity index (χ0n) is 12.6. The van der Waals surface area contributed by atoms with E-state index < -0.39 is 0 Å². The first-order valence-corrected chi connectivity index (χ1v) is 8.56. The first-order valence-electron chi connectivity index (χ1n) is 7.68. The second kappa shape index (κ2) is 5.74. The standard InChI is InChI=1S/C17H19N3OS/c1-12-6-7-16(21-12)17-19-13(11-22-17)10-20-9-3-5-15(20)14-4-2-8-18-14/h2,4,6-8,11,15,18H,3,5,9-10H2,1H3. The van der Waals surface area contributed by atoms with E-state index in [-0.39, 0.29) is 0 Å². The lowest BCUT2D eigenvalue weighted by molar-refractivity contribution is 0.242. The summed E-state index contributed by atoms with van der Waals surface area (Å²) < 4.78 is 5.66. The van der Waals surface area contributed by atoms with E-state index in [1.165, 1.54) is 18.5 Å². The van der Waals surface area contributed by atoms with Gasteiger partial charge >= 0.3 is 0 Å². The van der Waals surface area contributed by atoms with Gasteiger partial charge in [-0.2, -0.15) is 0 Å². The molecule has 0 radical (unpaired) electrons. The van der Waals surface area contributed by atoms with Gasteiger partial charge in [0.1, 0.15) is 5.76 Å². The summed E-state index contributed by atoms with van der Waals surface area (Å²) in [5, 5.41) is 3.12. The Morgan fingerprint density at radius 3 is 3.14 bits per heavy atom. The van der Waals surface area contributed by atoms with Gasteiger partial charge in [0, 0.05) is 23.8 Å². The summed E-state index contributed by atoms with van der Waals surface area (Å²) >= 11 is 1.66. The fraction of sp³-hybridized carbons (Fsp3) is 0.353. The van der Waals surface area contributed by atoms with E-state index in [4.69, 9.17) is 9.40 Å².